The second-order valence-electron chi connectivity index (χ2n) is 7.36. The molecule has 0 saturated carbocycles. The summed E-state index contributed by atoms with van der Waals surface area (Å²) in [6, 6.07) is 14.2. The minimum atomic E-state index is -3.84. The number of carbonyl (C=O) groups excluding carboxylic acids is 1. The zero-order chi connectivity index (χ0) is 21.7. The zero-order valence-corrected chi connectivity index (χ0v) is 18.3. The van der Waals surface area contributed by atoms with Gasteiger partial charge in [-0.2, -0.15) is 4.31 Å². The quantitative estimate of drug-likeness (QED) is 0.727. The van der Waals surface area contributed by atoms with E-state index in [1.54, 1.807) is 12.1 Å². The Bertz CT molecular complexity index is 978. The Morgan fingerprint density at radius 2 is 1.87 bits per heavy atom. The molecule has 30 heavy (non-hydrogen) atoms. The van der Waals surface area contributed by atoms with Gasteiger partial charge in [0, 0.05) is 19.2 Å². The van der Waals surface area contributed by atoms with Crippen LogP contribution in [0.3, 0.4) is 0 Å². The molecule has 3 rings (SSSR count). The highest BCUT2D eigenvalue weighted by molar-refractivity contribution is 7.89. The van der Waals surface area contributed by atoms with E-state index >= 15 is 0 Å². The van der Waals surface area contributed by atoms with Crippen molar-refractivity contribution in [2.45, 2.75) is 30.7 Å². The van der Waals surface area contributed by atoms with Crippen molar-refractivity contribution in [1.29, 1.82) is 0 Å². The number of hydrogen-bond donors (Lipinski definition) is 1. The Kier molecular flexibility index (Phi) is 6.99. The van der Waals surface area contributed by atoms with Crippen molar-refractivity contribution in [2.75, 3.05) is 27.3 Å². The minimum Gasteiger partial charge on any atom is -0.497 e. The first-order chi connectivity index (χ1) is 14.4. The summed E-state index contributed by atoms with van der Waals surface area (Å²) in [6.45, 7) is 2.42. The van der Waals surface area contributed by atoms with Crippen LogP contribution >= 0.6 is 0 Å². The summed E-state index contributed by atoms with van der Waals surface area (Å²) >= 11 is 0. The van der Waals surface area contributed by atoms with Crippen LogP contribution in [0.4, 0.5) is 0 Å². The van der Waals surface area contributed by atoms with Crippen molar-refractivity contribution < 1.29 is 22.7 Å². The molecule has 1 saturated heterocycles. The molecule has 162 valence electrons. The van der Waals surface area contributed by atoms with Gasteiger partial charge >= 0.3 is 0 Å². The number of nitrogens with zero attached hydrogens (tertiary/aromatic N) is 1. The standard InChI is InChI=1S/C22H28N2O5S/c1-16(17-8-5-4-6-9-17)23-22(25)18-10-7-13-24(15-18)30(26,27)21-14-19(28-2)11-12-20(21)29-3/h4-6,8-9,11-12,14,16,18H,7,10,13,15H2,1-3H3,(H,23,25)/t16-,18+/m0/s1. The fraction of sp³-hybridized carbons (Fsp3) is 0.409. The van der Waals surface area contributed by atoms with Gasteiger partial charge in [-0.05, 0) is 37.5 Å². The van der Waals surface area contributed by atoms with E-state index in [4.69, 9.17) is 9.47 Å². The summed E-state index contributed by atoms with van der Waals surface area (Å²) in [6.07, 6.45) is 1.26. The van der Waals surface area contributed by atoms with Gasteiger partial charge in [-0.3, -0.25) is 4.79 Å². The fourth-order valence-corrected chi connectivity index (χ4v) is 5.35. The Hall–Kier alpha value is -2.58. The lowest BCUT2D eigenvalue weighted by Gasteiger charge is -2.32. The number of piperidine rings is 1. The second-order valence-corrected chi connectivity index (χ2v) is 9.27. The summed E-state index contributed by atoms with van der Waals surface area (Å²) in [5.74, 6) is 0.137. The van der Waals surface area contributed by atoms with Crippen molar-refractivity contribution in [1.82, 2.24) is 9.62 Å². The number of carbonyl (C=O) groups is 1. The maximum atomic E-state index is 13.3. The summed E-state index contributed by atoms with van der Waals surface area (Å²) in [4.78, 5) is 12.9. The SMILES string of the molecule is COc1ccc(OC)c(S(=O)(=O)N2CCC[C@@H](C(=O)N[C@@H](C)c3ccccc3)C2)c1. The minimum absolute atomic E-state index is 0.0445. The molecule has 1 amide bonds. The summed E-state index contributed by atoms with van der Waals surface area (Å²) in [7, 11) is -0.928. The third kappa shape index (κ3) is 4.76. The van der Waals surface area contributed by atoms with Gasteiger partial charge < -0.3 is 14.8 Å². The number of nitrogens with one attached hydrogen (secondary N) is 1. The van der Waals surface area contributed by atoms with Crippen LogP contribution in [0, 0.1) is 5.92 Å². The van der Waals surface area contributed by atoms with Crippen LogP contribution in [0.5, 0.6) is 11.5 Å². The van der Waals surface area contributed by atoms with Gasteiger partial charge in [0.15, 0.2) is 0 Å². The molecule has 0 spiro atoms. The predicted molar refractivity (Wildman–Crippen MR) is 114 cm³/mol. The molecule has 0 aromatic heterocycles. The van der Waals surface area contributed by atoms with Gasteiger partial charge in [0.2, 0.25) is 15.9 Å². The van der Waals surface area contributed by atoms with E-state index in [0.717, 1.165) is 5.56 Å². The van der Waals surface area contributed by atoms with Crippen molar-refractivity contribution in [3.05, 3.63) is 54.1 Å². The Labute approximate surface area is 178 Å². The monoisotopic (exact) mass is 432 g/mol. The molecular weight excluding hydrogens is 404 g/mol. The normalized spacial score (nSPS) is 18.4. The molecule has 2 aromatic rings. The lowest BCUT2D eigenvalue weighted by Crippen LogP contribution is -2.45. The number of ether oxygens (including phenoxy) is 2. The zero-order valence-electron chi connectivity index (χ0n) is 17.5. The van der Waals surface area contributed by atoms with Crippen LogP contribution in [-0.4, -0.2) is 45.9 Å². The van der Waals surface area contributed by atoms with Gasteiger partial charge in [-0.15, -0.1) is 0 Å². The van der Waals surface area contributed by atoms with E-state index < -0.39 is 15.9 Å². The smallest absolute Gasteiger partial charge is 0.246 e. The van der Waals surface area contributed by atoms with Crippen LogP contribution in [0.2, 0.25) is 0 Å². The first-order valence-electron chi connectivity index (χ1n) is 9.94. The molecule has 0 radical (unpaired) electrons. The molecular formula is C22H28N2O5S. The summed E-state index contributed by atoms with van der Waals surface area (Å²) in [5, 5.41) is 3.01. The van der Waals surface area contributed by atoms with Gasteiger partial charge in [0.1, 0.15) is 16.4 Å². The van der Waals surface area contributed by atoms with Crippen LogP contribution in [0.15, 0.2) is 53.4 Å². The largest absolute Gasteiger partial charge is 0.497 e. The highest BCUT2D eigenvalue weighted by Gasteiger charge is 2.35. The van der Waals surface area contributed by atoms with Gasteiger partial charge in [-0.25, -0.2) is 8.42 Å². The molecule has 0 bridgehead atoms. The van der Waals surface area contributed by atoms with Gasteiger partial charge in [0.25, 0.3) is 0 Å². The van der Waals surface area contributed by atoms with Crippen molar-refractivity contribution in [3.8, 4) is 11.5 Å². The molecule has 1 N–H and O–H groups in total. The molecule has 7 nitrogen and oxygen atoms in total. The lowest BCUT2D eigenvalue weighted by molar-refractivity contribution is -0.126. The third-order valence-electron chi connectivity index (χ3n) is 5.40. The van der Waals surface area contributed by atoms with Crippen LogP contribution in [-0.2, 0) is 14.8 Å². The number of amides is 1. The third-order valence-corrected chi connectivity index (χ3v) is 7.29. The fourth-order valence-electron chi connectivity index (χ4n) is 3.66. The van der Waals surface area contributed by atoms with E-state index in [0.29, 0.717) is 25.1 Å². The highest BCUT2D eigenvalue weighted by Crippen LogP contribution is 2.32. The highest BCUT2D eigenvalue weighted by atomic mass is 32.2. The molecule has 2 aromatic carbocycles. The van der Waals surface area contributed by atoms with E-state index in [9.17, 15) is 13.2 Å². The first-order valence-corrected chi connectivity index (χ1v) is 11.4. The number of methoxy groups -OCH3 is 2. The molecule has 2 atom stereocenters. The molecule has 8 heteroatoms. The Morgan fingerprint density at radius 3 is 2.53 bits per heavy atom. The van der Waals surface area contributed by atoms with Gasteiger partial charge in [0.05, 0.1) is 26.2 Å². The Balaban J connectivity index is 1.76. The van der Waals surface area contributed by atoms with E-state index in [1.807, 2.05) is 37.3 Å². The summed E-state index contributed by atoms with van der Waals surface area (Å²) < 4.78 is 38.4. The second kappa shape index (κ2) is 9.49. The average Bonchev–Trinajstić information content (AvgIpc) is 2.79. The summed E-state index contributed by atoms with van der Waals surface area (Å²) in [5.41, 5.74) is 1.01. The molecule has 1 heterocycles. The number of rotatable bonds is 7. The maximum absolute atomic E-state index is 13.3. The number of sulfonamides is 1. The first kappa shape index (κ1) is 22.1. The van der Waals surface area contributed by atoms with Crippen molar-refractivity contribution >= 4 is 15.9 Å². The lowest BCUT2D eigenvalue weighted by atomic mass is 9.98. The Morgan fingerprint density at radius 1 is 1.13 bits per heavy atom. The van der Waals surface area contributed by atoms with E-state index in [1.165, 1.54) is 24.6 Å². The molecule has 0 unspecified atom stereocenters. The van der Waals surface area contributed by atoms with Crippen LogP contribution in [0.1, 0.15) is 31.4 Å². The van der Waals surface area contributed by atoms with Crippen molar-refractivity contribution in [2.24, 2.45) is 5.92 Å². The molecule has 1 aliphatic heterocycles. The molecule has 1 fully saturated rings. The predicted octanol–water partition coefficient (Wildman–Crippen LogP) is 2.98. The number of benzene rings is 2. The topological polar surface area (TPSA) is 84.9 Å². The average molecular weight is 433 g/mol. The van der Waals surface area contributed by atoms with Gasteiger partial charge in [-0.1, -0.05) is 30.3 Å². The number of hydrogen-bond acceptors (Lipinski definition) is 5. The van der Waals surface area contributed by atoms with Crippen LogP contribution in [0.25, 0.3) is 0 Å². The van der Waals surface area contributed by atoms with E-state index in [2.05, 4.69) is 5.32 Å². The molecule has 0 aliphatic carbocycles. The molecule has 1 aliphatic rings. The maximum Gasteiger partial charge on any atom is 0.246 e. The van der Waals surface area contributed by atoms with Crippen molar-refractivity contribution in [3.63, 3.8) is 0 Å². The van der Waals surface area contributed by atoms with E-state index in [-0.39, 0.29) is 29.1 Å². The van der Waals surface area contributed by atoms with Crippen LogP contribution < -0.4 is 14.8 Å².